The number of nitrogens with one attached hydrogen (secondary N) is 2. The molecule has 0 radical (unpaired) electrons. The monoisotopic (exact) mass is 883 g/mol. The van der Waals surface area contributed by atoms with Crippen molar-refractivity contribution in [1.29, 1.82) is 10.5 Å². The second kappa shape index (κ2) is 22.4. The normalized spacial score (nSPS) is 13.6. The van der Waals surface area contributed by atoms with Gasteiger partial charge in [-0.15, -0.1) is 0 Å². The minimum atomic E-state index is -5.08. The van der Waals surface area contributed by atoms with Crippen molar-refractivity contribution in [3.8, 4) is 29.1 Å². The van der Waals surface area contributed by atoms with E-state index in [1.54, 1.807) is 6.20 Å². The van der Waals surface area contributed by atoms with E-state index in [0.717, 1.165) is 54.3 Å². The number of likely N-dealkylation sites (tertiary alicyclic amines) is 1. The fourth-order valence-electron chi connectivity index (χ4n) is 4.91. The molecule has 330 valence electrons. The molecule has 1 aromatic carbocycles. The lowest BCUT2D eigenvalue weighted by Crippen LogP contribution is -2.41. The molecule has 0 saturated carbocycles. The molecule has 1 atom stereocenters. The van der Waals surface area contributed by atoms with Crippen LogP contribution in [0.4, 0.5) is 43.9 Å². The number of hydrogen-bond acceptors (Lipinski definition) is 11. The summed E-state index contributed by atoms with van der Waals surface area (Å²) in [6.45, 7) is 2.34. The van der Waals surface area contributed by atoms with Crippen LogP contribution < -0.4 is 10.1 Å². The van der Waals surface area contributed by atoms with Crippen LogP contribution in [-0.4, -0.2) is 120 Å². The lowest BCUT2D eigenvalue weighted by atomic mass is 10.1. The smallest absolute Gasteiger partial charge is 0.490 e. The van der Waals surface area contributed by atoms with Gasteiger partial charge in [-0.2, -0.15) is 55.1 Å². The van der Waals surface area contributed by atoms with E-state index in [9.17, 15) is 54.0 Å². The summed E-state index contributed by atoms with van der Waals surface area (Å²) in [6.07, 6.45) is -6.43. The Morgan fingerprint density at radius 2 is 1.48 bits per heavy atom. The molecule has 0 spiro atoms. The highest BCUT2D eigenvalue weighted by molar-refractivity contribution is 5.94. The molecular formula is C34H31F10N9O8. The average Bonchev–Trinajstić information content (AvgIpc) is 3.86. The summed E-state index contributed by atoms with van der Waals surface area (Å²) >= 11 is 0. The van der Waals surface area contributed by atoms with E-state index in [1.165, 1.54) is 18.5 Å². The Kier molecular flexibility index (Phi) is 18.4. The Morgan fingerprint density at radius 1 is 0.902 bits per heavy atom. The minimum Gasteiger partial charge on any atom is -0.490 e. The minimum absolute atomic E-state index is 0.125. The van der Waals surface area contributed by atoms with Gasteiger partial charge in [-0.3, -0.25) is 9.48 Å². The van der Waals surface area contributed by atoms with Crippen molar-refractivity contribution in [2.45, 2.75) is 56.4 Å². The van der Waals surface area contributed by atoms with Gasteiger partial charge in [-0.25, -0.2) is 28.7 Å². The summed E-state index contributed by atoms with van der Waals surface area (Å²) in [6, 6.07) is 9.97. The first kappa shape index (κ1) is 50.1. The van der Waals surface area contributed by atoms with Crippen LogP contribution in [0.5, 0.6) is 5.75 Å². The number of halogens is 10. The van der Waals surface area contributed by atoms with Crippen LogP contribution >= 0.6 is 0 Å². The predicted octanol–water partition coefficient (Wildman–Crippen LogP) is 5.50. The number of hydrogen-bond donors (Lipinski definition) is 5. The molecule has 4 heterocycles. The highest BCUT2D eigenvalue weighted by Gasteiger charge is 2.39. The van der Waals surface area contributed by atoms with Crippen LogP contribution in [0.3, 0.4) is 0 Å². The van der Waals surface area contributed by atoms with Gasteiger partial charge in [0, 0.05) is 61.2 Å². The molecule has 5 rings (SSSR count). The number of carbonyl (C=O) groups is 4. The number of rotatable bonds is 10. The first-order valence-electron chi connectivity index (χ1n) is 16.8. The third-order valence-corrected chi connectivity index (χ3v) is 7.62. The van der Waals surface area contributed by atoms with E-state index in [-0.39, 0.29) is 30.7 Å². The zero-order valence-electron chi connectivity index (χ0n) is 30.7. The molecule has 27 heteroatoms. The van der Waals surface area contributed by atoms with Crippen molar-refractivity contribution < 1.29 is 83.1 Å². The van der Waals surface area contributed by atoms with E-state index >= 15 is 0 Å². The standard InChI is InChI=1S/C28H28FN9O2.3C2HF3O2/c29-21-12-19(28(39)33-8-1-6-30)13-24(14-21)40-23-4-10-37(11-5-23)17-22(2-7-31)38-16-20(15-36-38)26-25-3-9-32-27(25)35-18-34-26;3*3-2(4,5)1(6)7/h3,9,12-16,18,22-23H,1-2,4-5,8,10-11,17H2,(H,33,39)(H,32,34,35);3*(H,6,7). The van der Waals surface area contributed by atoms with Gasteiger partial charge < -0.3 is 35.3 Å². The van der Waals surface area contributed by atoms with E-state index < -0.39 is 48.2 Å². The fourth-order valence-corrected chi connectivity index (χ4v) is 4.91. The first-order chi connectivity index (χ1) is 28.4. The summed E-state index contributed by atoms with van der Waals surface area (Å²) < 4.78 is 117. The lowest BCUT2D eigenvalue weighted by Gasteiger charge is -2.34. The predicted molar refractivity (Wildman–Crippen MR) is 185 cm³/mol. The number of H-pyrrole nitrogens is 1. The van der Waals surface area contributed by atoms with Gasteiger partial charge in [0.15, 0.2) is 0 Å². The summed E-state index contributed by atoms with van der Waals surface area (Å²) in [7, 11) is 0. The van der Waals surface area contributed by atoms with E-state index in [0.29, 0.717) is 18.7 Å². The molecule has 17 nitrogen and oxygen atoms in total. The van der Waals surface area contributed by atoms with Crippen molar-refractivity contribution >= 4 is 34.8 Å². The number of ether oxygens (including phenoxy) is 1. The number of aromatic amines is 1. The first-order valence-corrected chi connectivity index (χ1v) is 16.8. The van der Waals surface area contributed by atoms with Crippen LogP contribution in [-0.2, 0) is 14.4 Å². The molecule has 1 aliphatic rings. The number of amides is 1. The topological polar surface area (TPSA) is 260 Å². The number of fused-ring (bicyclic) bond motifs is 1. The average molecular weight is 884 g/mol. The number of piperidine rings is 1. The molecule has 61 heavy (non-hydrogen) atoms. The maximum absolute atomic E-state index is 14.2. The summed E-state index contributed by atoms with van der Waals surface area (Å²) in [5.74, 6) is -8.97. The SMILES string of the molecule is N#CCCNC(=O)c1cc(F)cc(OC2CCN(CC(CC#N)n3cc(-c4ncnc5[nH]ccc45)cn3)CC2)c1.O=C(O)C(F)(F)F.O=C(O)C(F)(F)F.O=C(O)C(F)(F)F. The highest BCUT2D eigenvalue weighted by Crippen LogP contribution is 2.27. The maximum atomic E-state index is 14.2. The van der Waals surface area contributed by atoms with E-state index in [1.807, 2.05) is 29.2 Å². The molecule has 1 amide bonds. The highest BCUT2D eigenvalue weighted by atomic mass is 19.4. The van der Waals surface area contributed by atoms with Crippen molar-refractivity contribution in [3.63, 3.8) is 0 Å². The second-order valence-electron chi connectivity index (χ2n) is 12.1. The number of nitrogens with zero attached hydrogens (tertiary/aromatic N) is 7. The Balaban J connectivity index is 0.000000502. The van der Waals surface area contributed by atoms with Crippen LogP contribution in [0.1, 0.15) is 42.1 Å². The van der Waals surface area contributed by atoms with Crippen LogP contribution in [0.2, 0.25) is 0 Å². The molecule has 3 aromatic heterocycles. The Bertz CT molecular complexity index is 2130. The van der Waals surface area contributed by atoms with Crippen molar-refractivity contribution in [1.82, 2.24) is 34.9 Å². The van der Waals surface area contributed by atoms with Gasteiger partial charge >= 0.3 is 36.4 Å². The molecule has 5 N–H and O–H groups in total. The third kappa shape index (κ3) is 17.0. The zero-order valence-corrected chi connectivity index (χ0v) is 30.7. The number of carbonyl (C=O) groups excluding carboxylic acids is 1. The number of carboxylic acids is 3. The third-order valence-electron chi connectivity index (χ3n) is 7.62. The number of aromatic nitrogens is 5. The van der Waals surface area contributed by atoms with Gasteiger partial charge in [0.1, 0.15) is 29.6 Å². The Hall–Kier alpha value is -7.03. The summed E-state index contributed by atoms with van der Waals surface area (Å²) in [5.41, 5.74) is 2.55. The van der Waals surface area contributed by atoms with Crippen molar-refractivity contribution in [2.75, 3.05) is 26.2 Å². The largest absolute Gasteiger partial charge is 0.490 e. The zero-order chi connectivity index (χ0) is 46.1. The van der Waals surface area contributed by atoms with Crippen LogP contribution in [0.15, 0.2) is 49.2 Å². The Morgan fingerprint density at radius 3 is 2.00 bits per heavy atom. The molecule has 0 bridgehead atoms. The second-order valence-corrected chi connectivity index (χ2v) is 12.1. The molecule has 1 fully saturated rings. The van der Waals surface area contributed by atoms with Gasteiger partial charge in [0.05, 0.1) is 42.9 Å². The summed E-state index contributed by atoms with van der Waals surface area (Å²) in [4.78, 5) is 53.0. The molecule has 1 unspecified atom stereocenters. The molecule has 1 saturated heterocycles. The number of nitriles is 2. The van der Waals surface area contributed by atoms with Gasteiger partial charge in [0.25, 0.3) is 5.91 Å². The van der Waals surface area contributed by atoms with Crippen LogP contribution in [0, 0.1) is 28.5 Å². The number of benzene rings is 1. The molecule has 1 aliphatic heterocycles. The van der Waals surface area contributed by atoms with Crippen molar-refractivity contribution in [3.05, 3.63) is 60.6 Å². The van der Waals surface area contributed by atoms with E-state index in [2.05, 4.69) is 36.3 Å². The summed E-state index contributed by atoms with van der Waals surface area (Å²) in [5, 5.41) is 47.6. The quantitative estimate of drug-likeness (QED) is 0.0973. The maximum Gasteiger partial charge on any atom is 0.490 e. The molecule has 0 aliphatic carbocycles. The lowest BCUT2D eigenvalue weighted by molar-refractivity contribution is -0.193. The Labute approximate surface area is 335 Å². The number of alkyl halides is 9. The molecule has 4 aromatic rings. The number of aliphatic carboxylic acids is 3. The van der Waals surface area contributed by atoms with Crippen molar-refractivity contribution in [2.24, 2.45) is 0 Å². The number of carboxylic acid groups (broad SMARTS) is 3. The molecular weight excluding hydrogens is 852 g/mol. The van der Waals surface area contributed by atoms with Gasteiger partial charge in [0.2, 0.25) is 0 Å². The van der Waals surface area contributed by atoms with E-state index in [4.69, 9.17) is 39.7 Å². The van der Waals surface area contributed by atoms with Gasteiger partial charge in [-0.05, 0) is 31.0 Å². The van der Waals surface area contributed by atoms with Crippen LogP contribution in [0.25, 0.3) is 22.3 Å². The fraction of sp³-hybridized carbons (Fsp3) is 0.382. The van der Waals surface area contributed by atoms with Gasteiger partial charge in [-0.1, -0.05) is 0 Å².